The molecule has 0 spiro atoms. The van der Waals surface area contributed by atoms with Gasteiger partial charge in [0.25, 0.3) is 11.8 Å². The van der Waals surface area contributed by atoms with Crippen LogP contribution < -0.4 is 15.4 Å². The Kier molecular flexibility index (Phi) is 5.74. The van der Waals surface area contributed by atoms with Crippen molar-refractivity contribution >= 4 is 11.8 Å². The molecule has 0 unspecified atom stereocenters. The molecule has 23 heavy (non-hydrogen) atoms. The lowest BCUT2D eigenvalue weighted by Gasteiger charge is -2.10. The Hall–Kier alpha value is -2.82. The van der Waals surface area contributed by atoms with Crippen LogP contribution in [0.5, 0.6) is 5.75 Å². The third-order valence-electron chi connectivity index (χ3n) is 3.36. The Morgan fingerprint density at radius 2 is 1.52 bits per heavy atom. The SMILES string of the molecule is COc1ccccc1C(=O)NCCNC(=O)c1ccc(C)cc1. The van der Waals surface area contributed by atoms with Crippen molar-refractivity contribution in [3.05, 3.63) is 65.2 Å². The van der Waals surface area contributed by atoms with Crippen LogP contribution >= 0.6 is 0 Å². The number of para-hydroxylation sites is 1. The highest BCUT2D eigenvalue weighted by Crippen LogP contribution is 2.16. The molecule has 0 atom stereocenters. The van der Waals surface area contributed by atoms with Crippen LogP contribution in [0.15, 0.2) is 48.5 Å². The van der Waals surface area contributed by atoms with Crippen LogP contribution in [0.1, 0.15) is 26.3 Å². The molecule has 120 valence electrons. The predicted molar refractivity (Wildman–Crippen MR) is 88.8 cm³/mol. The molecule has 5 heteroatoms. The lowest BCUT2D eigenvalue weighted by Crippen LogP contribution is -2.34. The summed E-state index contributed by atoms with van der Waals surface area (Å²) in [5.74, 6) is 0.136. The molecule has 0 saturated carbocycles. The van der Waals surface area contributed by atoms with Gasteiger partial charge >= 0.3 is 0 Å². The van der Waals surface area contributed by atoms with Crippen LogP contribution in [0.3, 0.4) is 0 Å². The zero-order chi connectivity index (χ0) is 16.7. The Bertz CT molecular complexity index is 681. The van der Waals surface area contributed by atoms with E-state index in [2.05, 4.69) is 10.6 Å². The molecule has 0 heterocycles. The number of amides is 2. The van der Waals surface area contributed by atoms with E-state index in [0.29, 0.717) is 30.0 Å². The van der Waals surface area contributed by atoms with Gasteiger partial charge in [0.2, 0.25) is 0 Å². The Morgan fingerprint density at radius 1 is 0.913 bits per heavy atom. The van der Waals surface area contributed by atoms with E-state index in [1.807, 2.05) is 19.1 Å². The maximum atomic E-state index is 12.1. The fraction of sp³-hybridized carbons (Fsp3) is 0.222. The van der Waals surface area contributed by atoms with E-state index in [1.54, 1.807) is 36.4 Å². The molecule has 0 aliphatic carbocycles. The highest BCUT2D eigenvalue weighted by atomic mass is 16.5. The molecule has 0 radical (unpaired) electrons. The average Bonchev–Trinajstić information content (AvgIpc) is 2.58. The molecule has 0 aromatic heterocycles. The number of ether oxygens (including phenoxy) is 1. The van der Waals surface area contributed by atoms with Crippen molar-refractivity contribution < 1.29 is 14.3 Å². The van der Waals surface area contributed by atoms with E-state index >= 15 is 0 Å². The van der Waals surface area contributed by atoms with Gasteiger partial charge in [-0.2, -0.15) is 0 Å². The molecule has 5 nitrogen and oxygen atoms in total. The number of hydrogen-bond donors (Lipinski definition) is 2. The molecule has 0 fully saturated rings. The predicted octanol–water partition coefficient (Wildman–Crippen LogP) is 2.16. The first-order valence-corrected chi connectivity index (χ1v) is 7.38. The lowest BCUT2D eigenvalue weighted by molar-refractivity contribution is 0.0926. The first-order chi connectivity index (χ1) is 11.1. The average molecular weight is 312 g/mol. The van der Waals surface area contributed by atoms with Crippen LogP contribution in [0.4, 0.5) is 0 Å². The van der Waals surface area contributed by atoms with E-state index in [1.165, 1.54) is 7.11 Å². The van der Waals surface area contributed by atoms with Gasteiger partial charge in [-0.05, 0) is 31.2 Å². The molecule has 2 rings (SSSR count). The first kappa shape index (κ1) is 16.5. The maximum absolute atomic E-state index is 12.1. The highest BCUT2D eigenvalue weighted by molar-refractivity contribution is 5.97. The minimum atomic E-state index is -0.230. The third kappa shape index (κ3) is 4.57. The standard InChI is InChI=1S/C18H20N2O3/c1-13-7-9-14(10-8-13)17(21)19-11-12-20-18(22)15-5-3-4-6-16(15)23-2/h3-10H,11-12H2,1-2H3,(H,19,21)(H,20,22). The summed E-state index contributed by atoms with van der Waals surface area (Å²) < 4.78 is 5.15. The minimum absolute atomic E-state index is 0.156. The van der Waals surface area contributed by atoms with Crippen LogP contribution in [0, 0.1) is 6.92 Å². The van der Waals surface area contributed by atoms with Gasteiger partial charge < -0.3 is 15.4 Å². The number of carbonyl (C=O) groups excluding carboxylic acids is 2. The second-order valence-electron chi connectivity index (χ2n) is 5.08. The fourth-order valence-electron chi connectivity index (χ4n) is 2.09. The number of rotatable bonds is 6. The monoisotopic (exact) mass is 312 g/mol. The van der Waals surface area contributed by atoms with Crippen molar-refractivity contribution in [2.24, 2.45) is 0 Å². The summed E-state index contributed by atoms with van der Waals surface area (Å²) >= 11 is 0. The zero-order valence-electron chi connectivity index (χ0n) is 13.3. The van der Waals surface area contributed by atoms with Gasteiger partial charge in [0, 0.05) is 18.7 Å². The van der Waals surface area contributed by atoms with E-state index in [0.717, 1.165) is 5.56 Å². The topological polar surface area (TPSA) is 67.4 Å². The van der Waals surface area contributed by atoms with Gasteiger partial charge in [-0.15, -0.1) is 0 Å². The first-order valence-electron chi connectivity index (χ1n) is 7.38. The van der Waals surface area contributed by atoms with Gasteiger partial charge in [0.15, 0.2) is 0 Å². The zero-order valence-corrected chi connectivity index (χ0v) is 13.3. The molecule has 2 aromatic rings. The fourth-order valence-corrected chi connectivity index (χ4v) is 2.09. The summed E-state index contributed by atoms with van der Waals surface area (Å²) in [6, 6.07) is 14.3. The van der Waals surface area contributed by atoms with Gasteiger partial charge in [-0.3, -0.25) is 9.59 Å². The van der Waals surface area contributed by atoms with Gasteiger partial charge in [-0.1, -0.05) is 29.8 Å². The summed E-state index contributed by atoms with van der Waals surface area (Å²) in [7, 11) is 1.52. The van der Waals surface area contributed by atoms with Gasteiger partial charge in [-0.25, -0.2) is 0 Å². The quantitative estimate of drug-likeness (QED) is 0.803. The summed E-state index contributed by atoms with van der Waals surface area (Å²) in [5.41, 5.74) is 2.18. The summed E-state index contributed by atoms with van der Waals surface area (Å²) in [4.78, 5) is 24.0. The van der Waals surface area contributed by atoms with Crippen LogP contribution in [-0.2, 0) is 0 Å². The molecule has 0 aliphatic heterocycles. The van der Waals surface area contributed by atoms with Crippen molar-refractivity contribution in [1.29, 1.82) is 0 Å². The molecule has 0 saturated heterocycles. The Labute approximate surface area is 135 Å². The summed E-state index contributed by atoms with van der Waals surface area (Å²) in [6.07, 6.45) is 0. The maximum Gasteiger partial charge on any atom is 0.255 e. The molecular formula is C18H20N2O3. The van der Waals surface area contributed by atoms with Gasteiger partial charge in [0.05, 0.1) is 12.7 Å². The largest absolute Gasteiger partial charge is 0.496 e. The van der Waals surface area contributed by atoms with Crippen LogP contribution in [0.25, 0.3) is 0 Å². The number of carbonyl (C=O) groups is 2. The van der Waals surface area contributed by atoms with E-state index in [9.17, 15) is 9.59 Å². The van der Waals surface area contributed by atoms with Crippen LogP contribution in [-0.4, -0.2) is 32.0 Å². The molecule has 2 aromatic carbocycles. The molecular weight excluding hydrogens is 292 g/mol. The van der Waals surface area contributed by atoms with Crippen molar-refractivity contribution in [3.63, 3.8) is 0 Å². The Balaban J connectivity index is 1.80. The Morgan fingerprint density at radius 3 is 2.17 bits per heavy atom. The van der Waals surface area contributed by atoms with Gasteiger partial charge in [0.1, 0.15) is 5.75 Å². The number of aryl methyl sites for hydroxylation is 1. The van der Waals surface area contributed by atoms with Crippen molar-refractivity contribution in [3.8, 4) is 5.75 Å². The normalized spacial score (nSPS) is 10.0. The smallest absolute Gasteiger partial charge is 0.255 e. The lowest BCUT2D eigenvalue weighted by atomic mass is 10.1. The molecule has 0 bridgehead atoms. The van der Waals surface area contributed by atoms with Crippen molar-refractivity contribution in [2.45, 2.75) is 6.92 Å². The third-order valence-corrected chi connectivity index (χ3v) is 3.36. The number of nitrogens with one attached hydrogen (secondary N) is 2. The molecule has 2 N–H and O–H groups in total. The van der Waals surface area contributed by atoms with E-state index in [4.69, 9.17) is 4.74 Å². The van der Waals surface area contributed by atoms with Crippen molar-refractivity contribution in [2.75, 3.05) is 20.2 Å². The second-order valence-corrected chi connectivity index (χ2v) is 5.08. The van der Waals surface area contributed by atoms with Crippen molar-refractivity contribution in [1.82, 2.24) is 10.6 Å². The number of hydrogen-bond acceptors (Lipinski definition) is 3. The second kappa shape index (κ2) is 7.98. The minimum Gasteiger partial charge on any atom is -0.496 e. The summed E-state index contributed by atoms with van der Waals surface area (Å²) in [5, 5.41) is 5.52. The molecule has 2 amide bonds. The number of methoxy groups -OCH3 is 1. The summed E-state index contributed by atoms with van der Waals surface area (Å²) in [6.45, 7) is 2.66. The van der Waals surface area contributed by atoms with E-state index < -0.39 is 0 Å². The molecule has 0 aliphatic rings. The highest BCUT2D eigenvalue weighted by Gasteiger charge is 2.10. The van der Waals surface area contributed by atoms with E-state index in [-0.39, 0.29) is 11.8 Å². The van der Waals surface area contributed by atoms with Crippen LogP contribution in [0.2, 0.25) is 0 Å². The number of benzene rings is 2.